The maximum atomic E-state index is 6.08. The molecule has 0 amide bonds. The first kappa shape index (κ1) is 14.1. The molecule has 112 valence electrons. The maximum Gasteiger partial charge on any atom is 0.0461 e. The van der Waals surface area contributed by atoms with E-state index in [-0.39, 0.29) is 0 Å². The Bertz CT molecular complexity index is 646. The van der Waals surface area contributed by atoms with E-state index in [1.165, 1.54) is 24.9 Å². The highest BCUT2D eigenvalue weighted by molar-refractivity contribution is 6.00. The van der Waals surface area contributed by atoms with E-state index in [2.05, 4.69) is 42.0 Å². The smallest absolute Gasteiger partial charge is 0.0461 e. The monoisotopic (exact) mass is 284 g/mol. The molecule has 0 aliphatic heterocycles. The first-order chi connectivity index (χ1) is 10.0. The van der Waals surface area contributed by atoms with Crippen LogP contribution < -0.4 is 10.6 Å². The van der Waals surface area contributed by atoms with Crippen LogP contribution in [0.2, 0.25) is 0 Å². The van der Waals surface area contributed by atoms with Gasteiger partial charge in [-0.2, -0.15) is 0 Å². The molecule has 4 nitrogen and oxygen atoms in total. The third kappa shape index (κ3) is 2.33. The molecule has 0 bridgehead atoms. The van der Waals surface area contributed by atoms with Gasteiger partial charge in [-0.3, -0.25) is 4.98 Å². The molecule has 2 N–H and O–H groups in total. The van der Waals surface area contributed by atoms with Gasteiger partial charge in [-0.05, 0) is 51.6 Å². The number of nitrogens with two attached hydrogens (primary N) is 1. The second-order valence-electron chi connectivity index (χ2n) is 6.42. The van der Waals surface area contributed by atoms with Crippen LogP contribution in [0.3, 0.4) is 0 Å². The number of nitrogen functional groups attached to an aromatic ring is 1. The van der Waals surface area contributed by atoms with Crippen molar-refractivity contribution >= 4 is 22.1 Å². The Morgan fingerprint density at radius 3 is 2.52 bits per heavy atom. The van der Waals surface area contributed by atoms with Crippen LogP contribution in [0.1, 0.15) is 19.3 Å². The largest absolute Gasteiger partial charge is 0.398 e. The first-order valence-electron chi connectivity index (χ1n) is 7.54. The van der Waals surface area contributed by atoms with Crippen LogP contribution in [0.5, 0.6) is 0 Å². The number of fused-ring (bicyclic) bond motifs is 1. The third-order valence-electron chi connectivity index (χ3n) is 5.00. The van der Waals surface area contributed by atoms with Crippen molar-refractivity contribution in [2.24, 2.45) is 0 Å². The van der Waals surface area contributed by atoms with Crippen LogP contribution in [-0.2, 0) is 0 Å². The minimum atomic E-state index is 0.310. The molecule has 1 saturated carbocycles. The lowest BCUT2D eigenvalue weighted by atomic mass is 9.75. The number of aromatic nitrogens is 1. The Kier molecular flexibility index (Phi) is 3.49. The predicted octanol–water partition coefficient (Wildman–Crippen LogP) is 2.74. The second kappa shape index (κ2) is 5.19. The number of hydrogen-bond acceptors (Lipinski definition) is 4. The number of benzene rings is 1. The molecule has 3 rings (SSSR count). The zero-order chi connectivity index (χ0) is 15.0. The van der Waals surface area contributed by atoms with Crippen LogP contribution in [0.15, 0.2) is 30.6 Å². The average molecular weight is 284 g/mol. The molecule has 1 fully saturated rings. The highest BCUT2D eigenvalue weighted by Gasteiger charge is 2.40. The highest BCUT2D eigenvalue weighted by atomic mass is 15.2. The average Bonchev–Trinajstić information content (AvgIpc) is 2.43. The lowest BCUT2D eigenvalue weighted by molar-refractivity contribution is 0.0684. The van der Waals surface area contributed by atoms with Crippen LogP contribution in [-0.4, -0.2) is 43.1 Å². The summed E-state index contributed by atoms with van der Waals surface area (Å²) in [6.07, 6.45) is 7.59. The zero-order valence-corrected chi connectivity index (χ0v) is 13.1. The summed E-state index contributed by atoms with van der Waals surface area (Å²) in [7, 11) is 6.55. The normalized spacial score (nSPS) is 17.0. The van der Waals surface area contributed by atoms with Gasteiger partial charge >= 0.3 is 0 Å². The van der Waals surface area contributed by atoms with Gasteiger partial charge in [-0.25, -0.2) is 0 Å². The quantitative estimate of drug-likeness (QED) is 0.877. The molecule has 0 atom stereocenters. The van der Waals surface area contributed by atoms with Crippen LogP contribution >= 0.6 is 0 Å². The Balaban J connectivity index is 1.95. The molecule has 21 heavy (non-hydrogen) atoms. The van der Waals surface area contributed by atoms with Gasteiger partial charge in [-0.15, -0.1) is 0 Å². The minimum absolute atomic E-state index is 0.310. The lowest BCUT2D eigenvalue weighted by Crippen LogP contribution is -2.56. The number of anilines is 2. The number of pyridine rings is 1. The fourth-order valence-electron chi connectivity index (χ4n) is 3.39. The third-order valence-corrected chi connectivity index (χ3v) is 5.00. The molecule has 1 aliphatic rings. The Labute approximate surface area is 126 Å². The molecule has 0 radical (unpaired) electrons. The van der Waals surface area contributed by atoms with Gasteiger partial charge in [0.05, 0.1) is 0 Å². The van der Waals surface area contributed by atoms with Gasteiger partial charge in [0.1, 0.15) is 0 Å². The van der Waals surface area contributed by atoms with Crippen molar-refractivity contribution < 1.29 is 0 Å². The summed E-state index contributed by atoms with van der Waals surface area (Å²) in [6, 6.07) is 6.10. The SMILES string of the molecule is CN(CC1(N(C)C)CCC1)c1ccc(N)c2ccncc12. The first-order valence-corrected chi connectivity index (χ1v) is 7.54. The summed E-state index contributed by atoms with van der Waals surface area (Å²) in [5.41, 5.74) is 8.42. The highest BCUT2D eigenvalue weighted by Crippen LogP contribution is 2.38. The van der Waals surface area contributed by atoms with Gasteiger partial charge in [-0.1, -0.05) is 0 Å². The van der Waals surface area contributed by atoms with Crippen molar-refractivity contribution in [3.8, 4) is 0 Å². The van der Waals surface area contributed by atoms with Crippen molar-refractivity contribution in [2.45, 2.75) is 24.8 Å². The lowest BCUT2D eigenvalue weighted by Gasteiger charge is -2.49. The van der Waals surface area contributed by atoms with Crippen LogP contribution in [0.4, 0.5) is 11.4 Å². The number of rotatable bonds is 4. The summed E-state index contributed by atoms with van der Waals surface area (Å²) >= 11 is 0. The van der Waals surface area contributed by atoms with E-state index >= 15 is 0 Å². The summed E-state index contributed by atoms with van der Waals surface area (Å²) in [4.78, 5) is 9.00. The molecule has 0 unspecified atom stereocenters. The summed E-state index contributed by atoms with van der Waals surface area (Å²) in [6.45, 7) is 1.04. The van der Waals surface area contributed by atoms with Crippen LogP contribution in [0, 0.1) is 0 Å². The Morgan fingerprint density at radius 2 is 1.90 bits per heavy atom. The number of nitrogens with zero attached hydrogens (tertiary/aromatic N) is 3. The van der Waals surface area contributed by atoms with Gasteiger partial charge in [0.25, 0.3) is 0 Å². The predicted molar refractivity (Wildman–Crippen MR) is 89.7 cm³/mol. The molecular weight excluding hydrogens is 260 g/mol. The summed E-state index contributed by atoms with van der Waals surface area (Å²) in [5.74, 6) is 0. The molecule has 1 aromatic carbocycles. The van der Waals surface area contributed by atoms with E-state index in [0.717, 1.165) is 23.0 Å². The minimum Gasteiger partial charge on any atom is -0.398 e. The van der Waals surface area contributed by atoms with Crippen molar-refractivity contribution in [1.82, 2.24) is 9.88 Å². The Hall–Kier alpha value is -1.81. The number of likely N-dealkylation sites (N-methyl/N-ethyl adjacent to an activating group) is 2. The van der Waals surface area contributed by atoms with E-state index < -0.39 is 0 Å². The van der Waals surface area contributed by atoms with E-state index in [0.29, 0.717) is 5.54 Å². The van der Waals surface area contributed by atoms with E-state index in [1.54, 1.807) is 6.20 Å². The van der Waals surface area contributed by atoms with Crippen molar-refractivity contribution in [1.29, 1.82) is 0 Å². The standard InChI is InChI=1S/C17H24N4/c1-20(2)17(8-4-9-17)12-21(3)16-6-5-15(18)13-7-10-19-11-14(13)16/h5-7,10-11H,4,8-9,12,18H2,1-3H3. The molecule has 1 aromatic heterocycles. The number of hydrogen-bond donors (Lipinski definition) is 1. The molecule has 1 heterocycles. The fourth-order valence-corrected chi connectivity index (χ4v) is 3.39. The second-order valence-corrected chi connectivity index (χ2v) is 6.42. The maximum absolute atomic E-state index is 6.08. The van der Waals surface area contributed by atoms with Gasteiger partial charge in [0.2, 0.25) is 0 Å². The molecule has 1 aliphatic carbocycles. The fraction of sp³-hybridized carbons (Fsp3) is 0.471. The van der Waals surface area contributed by atoms with E-state index in [4.69, 9.17) is 5.73 Å². The topological polar surface area (TPSA) is 45.4 Å². The van der Waals surface area contributed by atoms with Gasteiger partial charge in [0, 0.05) is 53.7 Å². The van der Waals surface area contributed by atoms with E-state index in [1.807, 2.05) is 18.3 Å². The van der Waals surface area contributed by atoms with E-state index in [9.17, 15) is 0 Å². The van der Waals surface area contributed by atoms with Crippen molar-refractivity contribution in [2.75, 3.05) is 38.3 Å². The van der Waals surface area contributed by atoms with Crippen LogP contribution in [0.25, 0.3) is 10.8 Å². The van der Waals surface area contributed by atoms with Crippen molar-refractivity contribution in [3.63, 3.8) is 0 Å². The molecule has 0 spiro atoms. The summed E-state index contributed by atoms with van der Waals surface area (Å²) < 4.78 is 0. The molecule has 0 saturated heterocycles. The Morgan fingerprint density at radius 1 is 1.14 bits per heavy atom. The van der Waals surface area contributed by atoms with Crippen molar-refractivity contribution in [3.05, 3.63) is 30.6 Å². The van der Waals surface area contributed by atoms with Gasteiger partial charge in [0.15, 0.2) is 0 Å². The zero-order valence-electron chi connectivity index (χ0n) is 13.1. The molecule has 2 aromatic rings. The summed E-state index contributed by atoms with van der Waals surface area (Å²) in [5, 5.41) is 2.22. The molecular formula is C17H24N4. The van der Waals surface area contributed by atoms with Gasteiger partial charge < -0.3 is 15.5 Å². The molecule has 4 heteroatoms.